The summed E-state index contributed by atoms with van der Waals surface area (Å²) in [6.07, 6.45) is 2.70. The van der Waals surface area contributed by atoms with Crippen molar-refractivity contribution in [1.29, 1.82) is 0 Å². The molecule has 122 valence electrons. The SMILES string of the molecule is CCc1cc(C(=O)Nc2cccnc2N2CCOCC2)sc1C. The molecule has 6 heteroatoms. The van der Waals surface area contributed by atoms with E-state index in [9.17, 15) is 4.79 Å². The molecule has 2 aromatic rings. The van der Waals surface area contributed by atoms with Gasteiger partial charge in [-0.25, -0.2) is 4.98 Å². The van der Waals surface area contributed by atoms with Crippen LogP contribution < -0.4 is 10.2 Å². The summed E-state index contributed by atoms with van der Waals surface area (Å²) in [6, 6.07) is 5.73. The van der Waals surface area contributed by atoms with Gasteiger partial charge in [0.2, 0.25) is 0 Å². The predicted molar refractivity (Wildman–Crippen MR) is 93.7 cm³/mol. The summed E-state index contributed by atoms with van der Waals surface area (Å²) < 4.78 is 5.38. The Bertz CT molecular complexity index is 693. The zero-order valence-electron chi connectivity index (χ0n) is 13.5. The molecule has 3 heterocycles. The van der Waals surface area contributed by atoms with Crippen molar-refractivity contribution >= 4 is 28.7 Å². The summed E-state index contributed by atoms with van der Waals surface area (Å²) >= 11 is 1.54. The molecule has 1 amide bonds. The number of morpholine rings is 1. The van der Waals surface area contributed by atoms with Crippen LogP contribution in [-0.2, 0) is 11.2 Å². The lowest BCUT2D eigenvalue weighted by molar-refractivity contribution is 0.103. The summed E-state index contributed by atoms with van der Waals surface area (Å²) in [5, 5.41) is 3.02. The second-order valence-corrected chi connectivity index (χ2v) is 6.73. The van der Waals surface area contributed by atoms with Gasteiger partial charge in [0.15, 0.2) is 5.82 Å². The number of nitrogens with zero attached hydrogens (tertiary/aromatic N) is 2. The Labute approximate surface area is 140 Å². The van der Waals surface area contributed by atoms with Gasteiger partial charge in [0.1, 0.15) is 0 Å². The number of amides is 1. The molecule has 1 aliphatic rings. The first-order valence-electron chi connectivity index (χ1n) is 7.87. The molecule has 0 bridgehead atoms. The van der Waals surface area contributed by atoms with Crippen molar-refractivity contribution in [3.05, 3.63) is 39.7 Å². The molecule has 1 fully saturated rings. The average Bonchev–Trinajstić information content (AvgIpc) is 2.97. The molecular formula is C17H21N3O2S. The van der Waals surface area contributed by atoms with Crippen molar-refractivity contribution in [3.63, 3.8) is 0 Å². The Balaban J connectivity index is 1.80. The number of ether oxygens (including phenoxy) is 1. The highest BCUT2D eigenvalue weighted by Crippen LogP contribution is 2.27. The Morgan fingerprint density at radius 2 is 2.22 bits per heavy atom. The first kappa shape index (κ1) is 16.0. The minimum atomic E-state index is -0.0692. The van der Waals surface area contributed by atoms with Crippen LogP contribution in [0.4, 0.5) is 11.5 Å². The van der Waals surface area contributed by atoms with E-state index in [4.69, 9.17) is 4.74 Å². The molecule has 23 heavy (non-hydrogen) atoms. The molecule has 2 aromatic heterocycles. The molecule has 3 rings (SSSR count). The van der Waals surface area contributed by atoms with Gasteiger partial charge >= 0.3 is 0 Å². The van der Waals surface area contributed by atoms with Gasteiger partial charge in [0, 0.05) is 24.2 Å². The first-order valence-corrected chi connectivity index (χ1v) is 8.69. The van der Waals surface area contributed by atoms with E-state index in [0.717, 1.165) is 35.9 Å². The Morgan fingerprint density at radius 3 is 2.91 bits per heavy atom. The second kappa shape index (κ2) is 7.10. The zero-order valence-corrected chi connectivity index (χ0v) is 14.3. The number of hydrogen-bond donors (Lipinski definition) is 1. The third kappa shape index (κ3) is 3.54. The number of pyridine rings is 1. The number of anilines is 2. The zero-order chi connectivity index (χ0) is 16.2. The molecule has 1 saturated heterocycles. The lowest BCUT2D eigenvalue weighted by Crippen LogP contribution is -2.37. The highest BCUT2D eigenvalue weighted by atomic mass is 32.1. The van der Waals surface area contributed by atoms with Crippen LogP contribution in [0.15, 0.2) is 24.4 Å². The molecule has 0 radical (unpaired) electrons. The van der Waals surface area contributed by atoms with Crippen LogP contribution in [0.25, 0.3) is 0 Å². The highest BCUT2D eigenvalue weighted by Gasteiger charge is 2.18. The normalized spacial score (nSPS) is 14.8. The summed E-state index contributed by atoms with van der Waals surface area (Å²) in [5.74, 6) is 0.744. The first-order chi connectivity index (χ1) is 11.2. The molecular weight excluding hydrogens is 310 g/mol. The lowest BCUT2D eigenvalue weighted by atomic mass is 10.2. The monoisotopic (exact) mass is 331 g/mol. The van der Waals surface area contributed by atoms with Gasteiger partial charge in [-0.3, -0.25) is 4.79 Å². The molecule has 0 atom stereocenters. The molecule has 0 aromatic carbocycles. The summed E-state index contributed by atoms with van der Waals surface area (Å²) in [4.78, 5) is 21.1. The van der Waals surface area contributed by atoms with Gasteiger partial charge < -0.3 is 15.0 Å². The Kier molecular flexibility index (Phi) is 4.93. The van der Waals surface area contributed by atoms with Gasteiger partial charge in [0.25, 0.3) is 5.91 Å². The number of aromatic nitrogens is 1. The summed E-state index contributed by atoms with van der Waals surface area (Å²) in [7, 11) is 0. The van der Waals surface area contributed by atoms with Crippen molar-refractivity contribution in [2.75, 3.05) is 36.5 Å². The standard InChI is InChI=1S/C17H21N3O2S/c1-3-13-11-15(23-12(13)2)17(21)19-14-5-4-6-18-16(14)20-7-9-22-10-8-20/h4-6,11H,3,7-10H2,1-2H3,(H,19,21). The van der Waals surface area contributed by atoms with Crippen LogP contribution >= 0.6 is 11.3 Å². The van der Waals surface area contributed by atoms with E-state index < -0.39 is 0 Å². The van der Waals surface area contributed by atoms with Crippen LogP contribution in [-0.4, -0.2) is 37.2 Å². The van der Waals surface area contributed by atoms with Crippen LogP contribution in [0.5, 0.6) is 0 Å². The third-order valence-electron chi connectivity index (χ3n) is 3.97. The lowest BCUT2D eigenvalue weighted by Gasteiger charge is -2.29. The molecule has 1 N–H and O–H groups in total. The van der Waals surface area contributed by atoms with Gasteiger partial charge in [-0.1, -0.05) is 6.92 Å². The Morgan fingerprint density at radius 1 is 1.43 bits per heavy atom. The van der Waals surface area contributed by atoms with E-state index in [1.165, 1.54) is 10.4 Å². The van der Waals surface area contributed by atoms with E-state index in [2.05, 4.69) is 29.0 Å². The molecule has 0 aliphatic carbocycles. The number of carbonyl (C=O) groups excluding carboxylic acids is 1. The maximum Gasteiger partial charge on any atom is 0.265 e. The molecule has 0 saturated carbocycles. The van der Waals surface area contributed by atoms with Gasteiger partial charge in [-0.05, 0) is 37.1 Å². The maximum absolute atomic E-state index is 12.6. The van der Waals surface area contributed by atoms with Crippen LogP contribution in [0.2, 0.25) is 0 Å². The van der Waals surface area contributed by atoms with Gasteiger partial charge in [0.05, 0.1) is 23.8 Å². The van der Waals surface area contributed by atoms with Crippen LogP contribution in [0.1, 0.15) is 27.0 Å². The maximum atomic E-state index is 12.6. The summed E-state index contributed by atoms with van der Waals surface area (Å²) in [5.41, 5.74) is 1.99. The molecule has 5 nitrogen and oxygen atoms in total. The number of hydrogen-bond acceptors (Lipinski definition) is 5. The third-order valence-corrected chi connectivity index (χ3v) is 5.06. The molecule has 0 spiro atoms. The van der Waals surface area contributed by atoms with Crippen molar-refractivity contribution in [3.8, 4) is 0 Å². The van der Waals surface area contributed by atoms with Crippen LogP contribution in [0.3, 0.4) is 0 Å². The quantitative estimate of drug-likeness (QED) is 0.935. The van der Waals surface area contributed by atoms with Crippen molar-refractivity contribution in [2.45, 2.75) is 20.3 Å². The molecule has 1 aliphatic heterocycles. The van der Waals surface area contributed by atoms with Crippen molar-refractivity contribution in [2.24, 2.45) is 0 Å². The predicted octanol–water partition coefficient (Wildman–Crippen LogP) is 3.10. The Hall–Kier alpha value is -1.92. The minimum absolute atomic E-state index is 0.0692. The minimum Gasteiger partial charge on any atom is -0.378 e. The fourth-order valence-corrected chi connectivity index (χ4v) is 3.70. The topological polar surface area (TPSA) is 54.5 Å². The average molecular weight is 331 g/mol. The molecule has 0 unspecified atom stereocenters. The number of carbonyl (C=O) groups is 1. The number of rotatable bonds is 4. The van der Waals surface area contributed by atoms with E-state index in [1.807, 2.05) is 18.2 Å². The summed E-state index contributed by atoms with van der Waals surface area (Å²) in [6.45, 7) is 7.12. The second-order valence-electron chi connectivity index (χ2n) is 5.47. The number of nitrogens with one attached hydrogen (secondary N) is 1. The van der Waals surface area contributed by atoms with Crippen LogP contribution in [0, 0.1) is 6.92 Å². The smallest absolute Gasteiger partial charge is 0.265 e. The fraction of sp³-hybridized carbons (Fsp3) is 0.412. The fourth-order valence-electron chi connectivity index (χ4n) is 2.69. The highest BCUT2D eigenvalue weighted by molar-refractivity contribution is 7.14. The van der Waals surface area contributed by atoms with E-state index in [0.29, 0.717) is 13.2 Å². The number of aryl methyl sites for hydroxylation is 2. The number of thiophene rings is 1. The van der Waals surface area contributed by atoms with E-state index in [1.54, 1.807) is 17.5 Å². The van der Waals surface area contributed by atoms with E-state index in [-0.39, 0.29) is 5.91 Å². The van der Waals surface area contributed by atoms with Gasteiger partial charge in [-0.15, -0.1) is 11.3 Å². The van der Waals surface area contributed by atoms with Crippen molar-refractivity contribution in [1.82, 2.24) is 4.98 Å². The van der Waals surface area contributed by atoms with Gasteiger partial charge in [-0.2, -0.15) is 0 Å². The largest absolute Gasteiger partial charge is 0.378 e. The van der Waals surface area contributed by atoms with Crippen molar-refractivity contribution < 1.29 is 9.53 Å². The van der Waals surface area contributed by atoms with E-state index >= 15 is 0 Å².